The Morgan fingerprint density at radius 1 is 1.40 bits per heavy atom. The van der Waals surface area contributed by atoms with Crippen molar-refractivity contribution in [3.63, 3.8) is 0 Å². The first-order valence-corrected chi connectivity index (χ1v) is 7.01. The number of nitrogens with zero attached hydrogens (tertiary/aromatic N) is 1. The molecule has 20 heavy (non-hydrogen) atoms. The summed E-state index contributed by atoms with van der Waals surface area (Å²) in [6.07, 6.45) is -0.0741. The van der Waals surface area contributed by atoms with E-state index < -0.39 is 6.43 Å². The number of benzene rings is 1. The average Bonchev–Trinajstić information content (AvgIpc) is 2.92. The van der Waals surface area contributed by atoms with E-state index in [9.17, 15) is 8.78 Å². The first-order chi connectivity index (χ1) is 9.61. The minimum absolute atomic E-state index is 0.0477. The molecule has 0 spiro atoms. The van der Waals surface area contributed by atoms with Crippen LogP contribution in [0.15, 0.2) is 24.3 Å². The van der Waals surface area contributed by atoms with Gasteiger partial charge in [-0.05, 0) is 31.5 Å². The highest BCUT2D eigenvalue weighted by Crippen LogP contribution is 2.25. The Balaban J connectivity index is 2.07. The topological polar surface area (TPSA) is 38.5 Å². The van der Waals surface area contributed by atoms with Gasteiger partial charge in [0.2, 0.25) is 0 Å². The number of rotatable bonds is 6. The van der Waals surface area contributed by atoms with E-state index >= 15 is 0 Å². The molecule has 112 valence electrons. The summed E-state index contributed by atoms with van der Waals surface area (Å²) >= 11 is 0. The average molecular weight is 284 g/mol. The highest BCUT2D eigenvalue weighted by atomic mass is 19.3. The monoisotopic (exact) mass is 284 g/mol. The molecule has 2 rings (SSSR count). The smallest absolute Gasteiger partial charge is 0.263 e. The summed E-state index contributed by atoms with van der Waals surface area (Å²) in [4.78, 5) is 2.10. The quantitative estimate of drug-likeness (QED) is 0.873. The van der Waals surface area contributed by atoms with Crippen LogP contribution in [-0.2, 0) is 4.74 Å². The lowest BCUT2D eigenvalue weighted by Gasteiger charge is -2.29. The van der Waals surface area contributed by atoms with Gasteiger partial charge in [0.15, 0.2) is 0 Å². The van der Waals surface area contributed by atoms with Gasteiger partial charge in [-0.25, -0.2) is 8.78 Å². The zero-order valence-corrected chi connectivity index (χ0v) is 11.8. The molecule has 0 aliphatic carbocycles. The number of halogens is 2. The maximum atomic E-state index is 12.8. The molecule has 2 atom stereocenters. The van der Waals surface area contributed by atoms with Gasteiger partial charge in [0.05, 0.1) is 6.10 Å². The summed E-state index contributed by atoms with van der Waals surface area (Å²) in [5.74, 6) is 0. The molecule has 1 saturated heterocycles. The molecular weight excluding hydrogens is 262 g/mol. The van der Waals surface area contributed by atoms with Crippen molar-refractivity contribution in [2.45, 2.75) is 31.4 Å². The van der Waals surface area contributed by atoms with E-state index in [-0.39, 0.29) is 17.7 Å². The van der Waals surface area contributed by atoms with E-state index in [1.165, 1.54) is 6.07 Å². The predicted molar refractivity (Wildman–Crippen MR) is 74.8 cm³/mol. The molecule has 0 amide bonds. The molecule has 0 saturated carbocycles. The van der Waals surface area contributed by atoms with Crippen LogP contribution in [0.1, 0.15) is 36.4 Å². The molecule has 2 unspecified atom stereocenters. The van der Waals surface area contributed by atoms with Gasteiger partial charge >= 0.3 is 0 Å². The van der Waals surface area contributed by atoms with Crippen LogP contribution < -0.4 is 5.73 Å². The molecule has 1 aliphatic rings. The van der Waals surface area contributed by atoms with Gasteiger partial charge in [-0.2, -0.15) is 0 Å². The van der Waals surface area contributed by atoms with Crippen molar-refractivity contribution >= 4 is 0 Å². The molecule has 1 heterocycles. The lowest BCUT2D eigenvalue weighted by atomic mass is 10.0. The lowest BCUT2D eigenvalue weighted by Crippen LogP contribution is -2.36. The second-order valence-corrected chi connectivity index (χ2v) is 5.30. The first-order valence-electron chi connectivity index (χ1n) is 7.01. The molecule has 2 N–H and O–H groups in total. The first kappa shape index (κ1) is 15.4. The van der Waals surface area contributed by atoms with E-state index in [1.807, 2.05) is 13.1 Å². The minimum atomic E-state index is -2.45. The number of hydrogen-bond donors (Lipinski definition) is 1. The Labute approximate surface area is 118 Å². The van der Waals surface area contributed by atoms with Gasteiger partial charge in [0, 0.05) is 31.3 Å². The van der Waals surface area contributed by atoms with E-state index in [0.29, 0.717) is 6.54 Å². The zero-order valence-electron chi connectivity index (χ0n) is 11.8. The van der Waals surface area contributed by atoms with Gasteiger partial charge in [0.25, 0.3) is 6.43 Å². The van der Waals surface area contributed by atoms with Crippen LogP contribution in [0.4, 0.5) is 8.78 Å². The third-order valence-corrected chi connectivity index (χ3v) is 3.82. The Bertz CT molecular complexity index is 422. The maximum Gasteiger partial charge on any atom is 0.263 e. The molecule has 1 aromatic rings. The normalized spacial score (nSPS) is 20.8. The second-order valence-electron chi connectivity index (χ2n) is 5.30. The number of alkyl halides is 2. The number of hydrogen-bond acceptors (Lipinski definition) is 3. The van der Waals surface area contributed by atoms with Crippen LogP contribution in [0.25, 0.3) is 0 Å². The van der Waals surface area contributed by atoms with Crippen molar-refractivity contribution in [3.8, 4) is 0 Å². The fourth-order valence-corrected chi connectivity index (χ4v) is 2.71. The van der Waals surface area contributed by atoms with Gasteiger partial charge in [-0.1, -0.05) is 18.2 Å². The molecule has 5 heteroatoms. The summed E-state index contributed by atoms with van der Waals surface area (Å²) in [7, 11) is 1.97. The van der Waals surface area contributed by atoms with Gasteiger partial charge in [-0.3, -0.25) is 4.90 Å². The number of ether oxygens (including phenoxy) is 1. The van der Waals surface area contributed by atoms with E-state index in [0.717, 1.165) is 31.6 Å². The third kappa shape index (κ3) is 3.75. The van der Waals surface area contributed by atoms with E-state index in [2.05, 4.69) is 4.90 Å². The lowest BCUT2D eigenvalue weighted by molar-refractivity contribution is 0.0688. The van der Waals surface area contributed by atoms with Crippen LogP contribution >= 0.6 is 0 Å². The largest absolute Gasteiger partial charge is 0.377 e. The fraction of sp³-hybridized carbons (Fsp3) is 0.600. The Morgan fingerprint density at radius 3 is 2.75 bits per heavy atom. The van der Waals surface area contributed by atoms with Crippen molar-refractivity contribution in [1.29, 1.82) is 0 Å². The highest BCUT2D eigenvalue weighted by molar-refractivity contribution is 5.27. The third-order valence-electron chi connectivity index (χ3n) is 3.82. The summed E-state index contributed by atoms with van der Waals surface area (Å²) in [5, 5.41) is 0. The fourth-order valence-electron chi connectivity index (χ4n) is 2.71. The van der Waals surface area contributed by atoms with Gasteiger partial charge < -0.3 is 10.5 Å². The van der Waals surface area contributed by atoms with Crippen molar-refractivity contribution in [3.05, 3.63) is 35.4 Å². The Hall–Kier alpha value is -1.04. The van der Waals surface area contributed by atoms with E-state index in [4.69, 9.17) is 10.5 Å². The van der Waals surface area contributed by atoms with Crippen molar-refractivity contribution in [2.24, 2.45) is 5.73 Å². The highest BCUT2D eigenvalue weighted by Gasteiger charge is 2.23. The molecule has 3 nitrogen and oxygen atoms in total. The summed E-state index contributed by atoms with van der Waals surface area (Å²) in [6.45, 7) is 1.99. The number of nitrogens with two attached hydrogens (primary N) is 1. The van der Waals surface area contributed by atoms with Crippen LogP contribution in [0, 0.1) is 0 Å². The molecule has 1 aromatic carbocycles. The molecule has 1 fully saturated rings. The van der Waals surface area contributed by atoms with Crippen LogP contribution in [0.2, 0.25) is 0 Å². The molecule has 0 bridgehead atoms. The Morgan fingerprint density at radius 2 is 2.15 bits per heavy atom. The number of likely N-dealkylation sites (N-methyl/N-ethyl adjacent to an activating group) is 1. The van der Waals surface area contributed by atoms with Crippen LogP contribution in [0.3, 0.4) is 0 Å². The molecule has 0 aromatic heterocycles. The van der Waals surface area contributed by atoms with Crippen LogP contribution in [-0.4, -0.2) is 37.7 Å². The van der Waals surface area contributed by atoms with Gasteiger partial charge in [0.1, 0.15) is 0 Å². The minimum Gasteiger partial charge on any atom is -0.377 e. The molecule has 1 aliphatic heterocycles. The standard InChI is InChI=1S/C15H22F2N2O/c1-19(10-13-6-3-7-20-13)14(9-18)11-4-2-5-12(8-11)15(16)17/h2,4-5,8,13-15H,3,6-7,9-10,18H2,1H3. The van der Waals surface area contributed by atoms with Crippen molar-refractivity contribution < 1.29 is 13.5 Å². The van der Waals surface area contributed by atoms with Crippen molar-refractivity contribution in [1.82, 2.24) is 4.90 Å². The van der Waals surface area contributed by atoms with E-state index in [1.54, 1.807) is 12.1 Å². The predicted octanol–water partition coefficient (Wildman–Crippen LogP) is 2.73. The second kappa shape index (κ2) is 7.11. The van der Waals surface area contributed by atoms with Gasteiger partial charge in [-0.15, -0.1) is 0 Å². The summed E-state index contributed by atoms with van der Waals surface area (Å²) in [6, 6.07) is 6.46. The van der Waals surface area contributed by atoms with Crippen LogP contribution in [0.5, 0.6) is 0 Å². The Kier molecular flexibility index (Phi) is 5.46. The molecular formula is C15H22F2N2O. The molecule has 0 radical (unpaired) electrons. The van der Waals surface area contributed by atoms with Crippen molar-refractivity contribution in [2.75, 3.05) is 26.7 Å². The SMILES string of the molecule is CN(CC1CCCO1)C(CN)c1cccc(C(F)F)c1. The zero-order chi connectivity index (χ0) is 14.5. The maximum absolute atomic E-state index is 12.8. The summed E-state index contributed by atoms with van der Waals surface area (Å²) in [5.41, 5.74) is 6.72. The summed E-state index contributed by atoms with van der Waals surface area (Å²) < 4.78 is 31.2.